The molecule has 1 aromatic heterocycles. The Hall–Kier alpha value is -3.22. The summed E-state index contributed by atoms with van der Waals surface area (Å²) in [5, 5.41) is 4.37. The number of benzene rings is 1. The predicted molar refractivity (Wildman–Crippen MR) is 100.0 cm³/mol. The van der Waals surface area contributed by atoms with Crippen LogP contribution in [-0.2, 0) is 14.3 Å². The fraction of sp³-hybridized carbons (Fsp3) is 0.300. The molecule has 7 heteroatoms. The number of carbonyl (C=O) groups excluding carboxylic acids is 3. The van der Waals surface area contributed by atoms with Gasteiger partial charge in [0.25, 0.3) is 5.91 Å². The second-order valence-corrected chi connectivity index (χ2v) is 6.14. The van der Waals surface area contributed by atoms with Crippen LogP contribution in [0.3, 0.4) is 0 Å². The molecule has 0 bridgehead atoms. The molecule has 7 nitrogen and oxygen atoms in total. The zero-order valence-electron chi connectivity index (χ0n) is 15.1. The van der Waals surface area contributed by atoms with E-state index in [4.69, 9.17) is 4.74 Å². The van der Waals surface area contributed by atoms with E-state index in [9.17, 15) is 14.4 Å². The highest BCUT2D eigenvalue weighted by Crippen LogP contribution is 2.17. The second kappa shape index (κ2) is 8.44. The third-order valence-electron chi connectivity index (χ3n) is 4.29. The van der Waals surface area contributed by atoms with Gasteiger partial charge in [0, 0.05) is 18.1 Å². The maximum atomic E-state index is 12.8. The van der Waals surface area contributed by atoms with E-state index >= 15 is 0 Å². The first-order chi connectivity index (χ1) is 13.1. The van der Waals surface area contributed by atoms with Crippen LogP contribution in [0.25, 0.3) is 10.8 Å². The molecule has 1 unspecified atom stereocenters. The number of aromatic nitrogens is 1. The first kappa shape index (κ1) is 18.6. The summed E-state index contributed by atoms with van der Waals surface area (Å²) in [5.41, 5.74) is 0.270. The van der Waals surface area contributed by atoms with Crippen LogP contribution < -0.4 is 5.32 Å². The Bertz CT molecular complexity index is 888. The molecule has 2 heterocycles. The fourth-order valence-electron chi connectivity index (χ4n) is 3.00. The third-order valence-corrected chi connectivity index (χ3v) is 4.29. The van der Waals surface area contributed by atoms with Crippen molar-refractivity contribution in [2.45, 2.75) is 19.4 Å². The van der Waals surface area contributed by atoms with Crippen molar-refractivity contribution >= 4 is 28.6 Å². The van der Waals surface area contributed by atoms with Gasteiger partial charge in [-0.15, -0.1) is 0 Å². The smallest absolute Gasteiger partial charge is 0.325 e. The highest BCUT2D eigenvalue weighted by atomic mass is 16.5. The minimum Gasteiger partial charge on any atom is -0.465 e. The number of rotatable bonds is 5. The number of ether oxygens (including phenoxy) is 1. The quantitative estimate of drug-likeness (QED) is 0.642. The van der Waals surface area contributed by atoms with Crippen LogP contribution in [0.15, 0.2) is 48.7 Å². The maximum Gasteiger partial charge on any atom is 0.325 e. The standard InChI is InChI=1S/C20H21N3O4/c1-2-27-17(24)13-23-12-6-5-9-16(20(23)26)22-19(25)18-15-8-4-3-7-14(15)10-11-21-18/h3-8,10-11,16H,2,9,12-13H2,1H3,(H,22,25). The van der Waals surface area contributed by atoms with E-state index in [1.54, 1.807) is 19.2 Å². The molecule has 1 aromatic carbocycles. The molecule has 2 amide bonds. The molecule has 1 aliphatic rings. The molecule has 2 aromatic rings. The monoisotopic (exact) mass is 367 g/mol. The van der Waals surface area contributed by atoms with Gasteiger partial charge in [0.15, 0.2) is 0 Å². The first-order valence-corrected chi connectivity index (χ1v) is 8.84. The van der Waals surface area contributed by atoms with Gasteiger partial charge in [-0.3, -0.25) is 19.4 Å². The Kier molecular flexibility index (Phi) is 5.80. The second-order valence-electron chi connectivity index (χ2n) is 6.14. The molecular weight excluding hydrogens is 346 g/mol. The first-order valence-electron chi connectivity index (χ1n) is 8.84. The summed E-state index contributed by atoms with van der Waals surface area (Å²) in [7, 11) is 0. The van der Waals surface area contributed by atoms with E-state index < -0.39 is 17.9 Å². The summed E-state index contributed by atoms with van der Waals surface area (Å²) in [6.07, 6.45) is 5.55. The minimum atomic E-state index is -0.758. The summed E-state index contributed by atoms with van der Waals surface area (Å²) in [6, 6.07) is 8.50. The van der Waals surface area contributed by atoms with Gasteiger partial charge < -0.3 is 15.0 Å². The fourth-order valence-corrected chi connectivity index (χ4v) is 3.00. The summed E-state index contributed by atoms with van der Waals surface area (Å²) < 4.78 is 4.91. The van der Waals surface area contributed by atoms with Crippen molar-refractivity contribution in [3.05, 3.63) is 54.4 Å². The van der Waals surface area contributed by atoms with Crippen molar-refractivity contribution in [1.82, 2.24) is 15.2 Å². The molecule has 0 aliphatic carbocycles. The molecule has 27 heavy (non-hydrogen) atoms. The van der Waals surface area contributed by atoms with Crippen molar-refractivity contribution < 1.29 is 19.1 Å². The van der Waals surface area contributed by atoms with E-state index in [2.05, 4.69) is 10.3 Å². The Morgan fingerprint density at radius 1 is 1.26 bits per heavy atom. The predicted octanol–water partition coefficient (Wildman–Crippen LogP) is 1.68. The van der Waals surface area contributed by atoms with Crippen molar-refractivity contribution in [3.8, 4) is 0 Å². The molecule has 0 saturated heterocycles. The van der Waals surface area contributed by atoms with Crippen molar-refractivity contribution in [2.75, 3.05) is 19.7 Å². The van der Waals surface area contributed by atoms with E-state index in [1.807, 2.05) is 36.4 Å². The topological polar surface area (TPSA) is 88.6 Å². The highest BCUT2D eigenvalue weighted by Gasteiger charge is 2.29. The van der Waals surface area contributed by atoms with E-state index in [0.717, 1.165) is 10.8 Å². The largest absolute Gasteiger partial charge is 0.465 e. The molecule has 140 valence electrons. The summed E-state index contributed by atoms with van der Waals surface area (Å²) in [6.45, 7) is 2.12. The van der Waals surface area contributed by atoms with Gasteiger partial charge in [-0.2, -0.15) is 0 Å². The molecule has 0 saturated carbocycles. The molecule has 3 rings (SSSR count). The number of amides is 2. The van der Waals surface area contributed by atoms with Gasteiger partial charge in [-0.05, 0) is 24.8 Å². The zero-order chi connectivity index (χ0) is 19.2. The minimum absolute atomic E-state index is 0.143. The van der Waals surface area contributed by atoms with Crippen molar-refractivity contribution in [1.29, 1.82) is 0 Å². The number of esters is 1. The highest BCUT2D eigenvalue weighted by molar-refractivity contribution is 6.06. The van der Waals surface area contributed by atoms with Crippen LogP contribution in [-0.4, -0.2) is 53.4 Å². The van der Waals surface area contributed by atoms with Gasteiger partial charge in [-0.25, -0.2) is 0 Å². The number of hydrogen-bond acceptors (Lipinski definition) is 5. The average Bonchev–Trinajstić information content (AvgIpc) is 2.84. The van der Waals surface area contributed by atoms with Gasteiger partial charge in [0.1, 0.15) is 18.3 Å². The number of hydrogen-bond donors (Lipinski definition) is 1. The lowest BCUT2D eigenvalue weighted by molar-refractivity contribution is -0.149. The van der Waals surface area contributed by atoms with Gasteiger partial charge in [0.05, 0.1) is 6.61 Å². The SMILES string of the molecule is CCOC(=O)CN1CC=CCC(NC(=O)c2nccc3ccccc23)C1=O. The lowest BCUT2D eigenvalue weighted by Crippen LogP contribution is -2.49. The zero-order valence-corrected chi connectivity index (χ0v) is 15.1. The number of nitrogens with zero attached hydrogens (tertiary/aromatic N) is 2. The third kappa shape index (κ3) is 4.31. The van der Waals surface area contributed by atoms with Crippen LogP contribution in [0.5, 0.6) is 0 Å². The molecule has 0 fully saturated rings. The summed E-state index contributed by atoms with van der Waals surface area (Å²) in [5.74, 6) is -1.21. The van der Waals surface area contributed by atoms with Gasteiger partial charge in [-0.1, -0.05) is 36.4 Å². The lowest BCUT2D eigenvalue weighted by Gasteiger charge is -2.24. The number of nitrogens with one attached hydrogen (secondary N) is 1. The normalized spacial score (nSPS) is 16.9. The van der Waals surface area contributed by atoms with E-state index in [1.165, 1.54) is 4.90 Å². The Morgan fingerprint density at radius 2 is 2.07 bits per heavy atom. The Labute approximate surface area is 157 Å². The molecule has 1 atom stereocenters. The van der Waals surface area contributed by atoms with Crippen molar-refractivity contribution in [2.24, 2.45) is 0 Å². The van der Waals surface area contributed by atoms with Crippen LogP contribution in [0.2, 0.25) is 0 Å². The lowest BCUT2D eigenvalue weighted by atomic mass is 10.1. The Balaban J connectivity index is 1.77. The molecular formula is C20H21N3O4. The van der Waals surface area contributed by atoms with Gasteiger partial charge >= 0.3 is 5.97 Å². The van der Waals surface area contributed by atoms with Crippen LogP contribution in [0.4, 0.5) is 0 Å². The molecule has 0 radical (unpaired) electrons. The maximum absolute atomic E-state index is 12.8. The summed E-state index contributed by atoms with van der Waals surface area (Å²) in [4.78, 5) is 42.8. The molecule has 1 N–H and O–H groups in total. The number of fused-ring (bicyclic) bond motifs is 1. The average molecular weight is 367 g/mol. The number of pyridine rings is 1. The van der Waals surface area contributed by atoms with Gasteiger partial charge in [0.2, 0.25) is 5.91 Å². The number of carbonyl (C=O) groups is 3. The summed E-state index contributed by atoms with van der Waals surface area (Å²) >= 11 is 0. The van der Waals surface area contributed by atoms with E-state index in [-0.39, 0.29) is 24.8 Å². The van der Waals surface area contributed by atoms with Crippen LogP contribution in [0, 0.1) is 0 Å². The molecule has 1 aliphatic heterocycles. The van der Waals surface area contributed by atoms with Crippen LogP contribution in [0.1, 0.15) is 23.8 Å². The molecule has 0 spiro atoms. The van der Waals surface area contributed by atoms with E-state index in [0.29, 0.717) is 13.0 Å². The van der Waals surface area contributed by atoms with Crippen molar-refractivity contribution in [3.63, 3.8) is 0 Å². The van der Waals surface area contributed by atoms with Crippen LogP contribution >= 0.6 is 0 Å². The Morgan fingerprint density at radius 3 is 2.89 bits per heavy atom.